The molecule has 0 atom stereocenters. The molecule has 1 heterocycles. The largest absolute Gasteiger partial charge is 0.411 e. The summed E-state index contributed by atoms with van der Waals surface area (Å²) in [6.07, 6.45) is 0. The molecule has 27 heavy (non-hydrogen) atoms. The summed E-state index contributed by atoms with van der Waals surface area (Å²) in [4.78, 5) is 12.2. The second-order valence-corrected chi connectivity index (χ2v) is 7.81. The van der Waals surface area contributed by atoms with E-state index >= 15 is 0 Å². The zero-order valence-electron chi connectivity index (χ0n) is 14.1. The molecule has 0 fully saturated rings. The highest BCUT2D eigenvalue weighted by atomic mass is 127. The van der Waals surface area contributed by atoms with Crippen LogP contribution in [0, 0.1) is 3.57 Å². The number of amides is 1. The standard InChI is InChI=1S/C20H14IN3O2S/c21-16-10-3-4-11-17(16)22-18(25)12-27-20-24-23-19(26-20)15-9-5-7-13-6-1-2-8-14(13)15/h1-11H,12H2,(H,22,25). The Morgan fingerprint density at radius 2 is 1.78 bits per heavy atom. The fourth-order valence-electron chi connectivity index (χ4n) is 2.66. The van der Waals surface area contributed by atoms with Gasteiger partial charge < -0.3 is 9.73 Å². The van der Waals surface area contributed by atoms with Gasteiger partial charge in [-0.3, -0.25) is 4.79 Å². The molecule has 1 aromatic heterocycles. The highest BCUT2D eigenvalue weighted by Gasteiger charge is 2.13. The topological polar surface area (TPSA) is 68.0 Å². The Bertz CT molecular complexity index is 1110. The minimum atomic E-state index is -0.117. The number of thioether (sulfide) groups is 1. The van der Waals surface area contributed by atoms with Crippen LogP contribution in [0.2, 0.25) is 0 Å². The molecule has 0 unspecified atom stereocenters. The van der Waals surface area contributed by atoms with E-state index in [1.807, 2.05) is 66.7 Å². The first-order valence-corrected chi connectivity index (χ1v) is 10.3. The number of hydrogen-bond donors (Lipinski definition) is 1. The van der Waals surface area contributed by atoms with Gasteiger partial charge in [0.1, 0.15) is 0 Å². The van der Waals surface area contributed by atoms with Crippen molar-refractivity contribution in [2.24, 2.45) is 0 Å². The van der Waals surface area contributed by atoms with E-state index in [1.165, 1.54) is 11.8 Å². The Balaban J connectivity index is 1.45. The molecular weight excluding hydrogens is 473 g/mol. The zero-order chi connectivity index (χ0) is 18.6. The Hall–Kier alpha value is -2.39. The minimum absolute atomic E-state index is 0.117. The number of benzene rings is 3. The summed E-state index contributed by atoms with van der Waals surface area (Å²) in [5, 5.41) is 13.6. The molecule has 0 aliphatic heterocycles. The van der Waals surface area contributed by atoms with Gasteiger partial charge in [-0.15, -0.1) is 10.2 Å². The molecule has 1 N–H and O–H groups in total. The van der Waals surface area contributed by atoms with Crippen LogP contribution in [0.15, 0.2) is 76.4 Å². The first-order chi connectivity index (χ1) is 13.2. The number of para-hydroxylation sites is 1. The van der Waals surface area contributed by atoms with Gasteiger partial charge in [0.25, 0.3) is 5.22 Å². The number of carbonyl (C=O) groups excluding carboxylic acids is 1. The maximum atomic E-state index is 12.2. The number of anilines is 1. The van der Waals surface area contributed by atoms with Crippen LogP contribution in [0.3, 0.4) is 0 Å². The lowest BCUT2D eigenvalue weighted by Crippen LogP contribution is -2.14. The van der Waals surface area contributed by atoms with Crippen molar-refractivity contribution in [3.63, 3.8) is 0 Å². The van der Waals surface area contributed by atoms with Crippen molar-refractivity contribution < 1.29 is 9.21 Å². The van der Waals surface area contributed by atoms with Crippen molar-refractivity contribution in [2.75, 3.05) is 11.1 Å². The summed E-state index contributed by atoms with van der Waals surface area (Å²) < 4.78 is 6.75. The second kappa shape index (κ2) is 8.10. The van der Waals surface area contributed by atoms with Crippen LogP contribution in [-0.4, -0.2) is 21.9 Å². The minimum Gasteiger partial charge on any atom is -0.411 e. The third-order valence-electron chi connectivity index (χ3n) is 3.90. The van der Waals surface area contributed by atoms with E-state index in [2.05, 4.69) is 38.1 Å². The number of hydrogen-bond acceptors (Lipinski definition) is 5. The van der Waals surface area contributed by atoms with E-state index in [4.69, 9.17) is 4.42 Å². The van der Waals surface area contributed by atoms with Crippen molar-refractivity contribution in [3.8, 4) is 11.5 Å². The van der Waals surface area contributed by atoms with Crippen LogP contribution in [0.25, 0.3) is 22.2 Å². The normalized spacial score (nSPS) is 10.9. The molecule has 5 nitrogen and oxygen atoms in total. The summed E-state index contributed by atoms with van der Waals surface area (Å²) >= 11 is 3.41. The van der Waals surface area contributed by atoms with Gasteiger partial charge in [-0.1, -0.05) is 60.3 Å². The van der Waals surface area contributed by atoms with E-state index in [0.29, 0.717) is 11.1 Å². The summed E-state index contributed by atoms with van der Waals surface area (Å²) in [6, 6.07) is 21.6. The fourth-order valence-corrected chi connectivity index (χ4v) is 3.75. The van der Waals surface area contributed by atoms with Gasteiger partial charge in [-0.05, 0) is 51.6 Å². The zero-order valence-corrected chi connectivity index (χ0v) is 17.0. The molecule has 1 amide bonds. The highest BCUT2D eigenvalue weighted by molar-refractivity contribution is 14.1. The molecule has 4 aromatic rings. The van der Waals surface area contributed by atoms with Crippen molar-refractivity contribution in [2.45, 2.75) is 5.22 Å². The fraction of sp³-hybridized carbons (Fsp3) is 0.0500. The predicted octanol–water partition coefficient (Wildman–Crippen LogP) is 5.23. The monoisotopic (exact) mass is 487 g/mol. The lowest BCUT2D eigenvalue weighted by atomic mass is 10.0. The number of carbonyl (C=O) groups is 1. The van der Waals surface area contributed by atoms with Gasteiger partial charge in [-0.25, -0.2) is 0 Å². The van der Waals surface area contributed by atoms with Crippen molar-refractivity contribution >= 4 is 56.7 Å². The molecule has 3 aromatic carbocycles. The number of nitrogens with one attached hydrogen (secondary N) is 1. The molecule has 0 saturated heterocycles. The van der Waals surface area contributed by atoms with Crippen LogP contribution in [0.1, 0.15) is 0 Å². The van der Waals surface area contributed by atoms with Crippen molar-refractivity contribution in [1.82, 2.24) is 10.2 Å². The molecule has 0 radical (unpaired) electrons. The second-order valence-electron chi connectivity index (χ2n) is 5.72. The number of fused-ring (bicyclic) bond motifs is 1. The van der Waals surface area contributed by atoms with E-state index in [-0.39, 0.29) is 11.7 Å². The number of rotatable bonds is 5. The average Bonchev–Trinajstić information content (AvgIpc) is 3.17. The smallest absolute Gasteiger partial charge is 0.277 e. The SMILES string of the molecule is O=C(CSc1nnc(-c2cccc3ccccc23)o1)Nc1ccccc1I. The van der Waals surface area contributed by atoms with Crippen LogP contribution in [-0.2, 0) is 4.79 Å². The van der Waals surface area contributed by atoms with Gasteiger partial charge in [0.15, 0.2) is 0 Å². The summed E-state index contributed by atoms with van der Waals surface area (Å²) in [6.45, 7) is 0. The van der Waals surface area contributed by atoms with Crippen LogP contribution in [0.5, 0.6) is 0 Å². The predicted molar refractivity (Wildman–Crippen MR) is 116 cm³/mol. The molecule has 0 bridgehead atoms. The van der Waals surface area contributed by atoms with Crippen molar-refractivity contribution in [1.29, 1.82) is 0 Å². The van der Waals surface area contributed by atoms with Gasteiger partial charge in [0, 0.05) is 9.13 Å². The summed E-state index contributed by atoms with van der Waals surface area (Å²) in [5.41, 5.74) is 1.68. The van der Waals surface area contributed by atoms with E-state index in [0.717, 1.165) is 25.6 Å². The van der Waals surface area contributed by atoms with Gasteiger partial charge >= 0.3 is 0 Å². The van der Waals surface area contributed by atoms with Crippen molar-refractivity contribution in [3.05, 3.63) is 70.3 Å². The maximum absolute atomic E-state index is 12.2. The Morgan fingerprint density at radius 1 is 1.00 bits per heavy atom. The lowest BCUT2D eigenvalue weighted by molar-refractivity contribution is -0.113. The van der Waals surface area contributed by atoms with E-state index in [9.17, 15) is 4.79 Å². The maximum Gasteiger partial charge on any atom is 0.277 e. The third-order valence-corrected chi connectivity index (χ3v) is 5.66. The Kier molecular flexibility index (Phi) is 5.40. The molecule has 0 saturated carbocycles. The molecule has 134 valence electrons. The van der Waals surface area contributed by atoms with Gasteiger partial charge in [0.2, 0.25) is 11.8 Å². The Morgan fingerprint density at radius 3 is 2.67 bits per heavy atom. The quantitative estimate of drug-likeness (QED) is 0.309. The highest BCUT2D eigenvalue weighted by Crippen LogP contribution is 2.29. The summed E-state index contributed by atoms with van der Waals surface area (Å²) in [5.74, 6) is 0.531. The van der Waals surface area contributed by atoms with E-state index < -0.39 is 0 Å². The number of halogens is 1. The summed E-state index contributed by atoms with van der Waals surface area (Å²) in [7, 11) is 0. The molecule has 7 heteroatoms. The number of nitrogens with zero attached hydrogens (tertiary/aromatic N) is 2. The molecule has 0 spiro atoms. The molecule has 4 rings (SSSR count). The molecular formula is C20H14IN3O2S. The average molecular weight is 487 g/mol. The Labute approximate surface area is 173 Å². The van der Waals surface area contributed by atoms with E-state index in [1.54, 1.807) is 0 Å². The van der Waals surface area contributed by atoms with Crippen LogP contribution < -0.4 is 5.32 Å². The lowest BCUT2D eigenvalue weighted by Gasteiger charge is -2.05. The third kappa shape index (κ3) is 4.14. The van der Waals surface area contributed by atoms with Gasteiger partial charge in [-0.2, -0.15) is 0 Å². The first kappa shape index (κ1) is 18.0. The molecule has 0 aliphatic rings. The number of aromatic nitrogens is 2. The van der Waals surface area contributed by atoms with Crippen LogP contribution in [0.4, 0.5) is 5.69 Å². The van der Waals surface area contributed by atoms with Gasteiger partial charge in [0.05, 0.1) is 11.4 Å². The first-order valence-electron chi connectivity index (χ1n) is 8.19. The molecule has 0 aliphatic carbocycles. The van der Waals surface area contributed by atoms with Crippen LogP contribution >= 0.6 is 34.4 Å².